The number of anilines is 1. The third-order valence-electron chi connectivity index (χ3n) is 3.12. The summed E-state index contributed by atoms with van der Waals surface area (Å²) in [5.74, 6) is 1.13. The molecule has 1 aromatic carbocycles. The Labute approximate surface area is 123 Å². The largest absolute Gasteiger partial charge is 0.493 e. The van der Waals surface area contributed by atoms with Crippen LogP contribution >= 0.6 is 0 Å². The van der Waals surface area contributed by atoms with Gasteiger partial charge in [0.15, 0.2) is 11.5 Å². The average molecular weight is 289 g/mol. The Bertz CT molecular complexity index is 596. The van der Waals surface area contributed by atoms with Crippen LogP contribution in [0.3, 0.4) is 0 Å². The minimum atomic E-state index is -0.0785. The van der Waals surface area contributed by atoms with Crippen LogP contribution in [0, 0.1) is 0 Å². The molecule has 1 aromatic heterocycles. The molecule has 0 saturated carbocycles. The summed E-state index contributed by atoms with van der Waals surface area (Å²) < 4.78 is 12.1. The van der Waals surface area contributed by atoms with Crippen molar-refractivity contribution >= 4 is 11.6 Å². The Balaban J connectivity index is 1.99. The number of ether oxygens (including phenoxy) is 2. The van der Waals surface area contributed by atoms with Crippen LogP contribution in [0.5, 0.6) is 11.5 Å². The minimum absolute atomic E-state index is 0.000133. The summed E-state index contributed by atoms with van der Waals surface area (Å²) in [6, 6.07) is 7.10. The SMILES string of the molecule is COc1ccc(NC(=O)C[C@H](C)n2cccn2)cc1OC. The van der Waals surface area contributed by atoms with E-state index in [2.05, 4.69) is 10.4 Å². The third-order valence-corrected chi connectivity index (χ3v) is 3.12. The van der Waals surface area contributed by atoms with Gasteiger partial charge in [-0.15, -0.1) is 0 Å². The van der Waals surface area contributed by atoms with Gasteiger partial charge in [0, 0.05) is 30.6 Å². The fourth-order valence-corrected chi connectivity index (χ4v) is 2.03. The molecule has 6 heteroatoms. The van der Waals surface area contributed by atoms with Crippen LogP contribution in [0.4, 0.5) is 5.69 Å². The van der Waals surface area contributed by atoms with Gasteiger partial charge in [0.1, 0.15) is 0 Å². The predicted molar refractivity (Wildman–Crippen MR) is 79.7 cm³/mol. The van der Waals surface area contributed by atoms with Crippen molar-refractivity contribution in [2.45, 2.75) is 19.4 Å². The van der Waals surface area contributed by atoms with Gasteiger partial charge in [-0.25, -0.2) is 0 Å². The number of hydrogen-bond donors (Lipinski definition) is 1. The van der Waals surface area contributed by atoms with E-state index in [0.717, 1.165) is 0 Å². The second kappa shape index (κ2) is 6.78. The smallest absolute Gasteiger partial charge is 0.226 e. The van der Waals surface area contributed by atoms with Crippen molar-refractivity contribution in [1.29, 1.82) is 0 Å². The maximum absolute atomic E-state index is 12.0. The van der Waals surface area contributed by atoms with Gasteiger partial charge >= 0.3 is 0 Å². The molecule has 6 nitrogen and oxygen atoms in total. The highest BCUT2D eigenvalue weighted by atomic mass is 16.5. The van der Waals surface area contributed by atoms with Gasteiger partial charge in [0.2, 0.25) is 5.91 Å². The summed E-state index contributed by atoms with van der Waals surface area (Å²) in [4.78, 5) is 12.0. The van der Waals surface area contributed by atoms with Crippen molar-refractivity contribution in [3.8, 4) is 11.5 Å². The summed E-state index contributed by atoms with van der Waals surface area (Å²) in [6.45, 7) is 1.95. The highest BCUT2D eigenvalue weighted by Crippen LogP contribution is 2.29. The summed E-state index contributed by atoms with van der Waals surface area (Å²) in [5.41, 5.74) is 0.672. The second-order valence-electron chi connectivity index (χ2n) is 4.66. The van der Waals surface area contributed by atoms with Gasteiger partial charge < -0.3 is 14.8 Å². The van der Waals surface area contributed by atoms with Crippen LogP contribution in [-0.2, 0) is 4.79 Å². The number of amides is 1. The molecule has 1 heterocycles. The van der Waals surface area contributed by atoms with Gasteiger partial charge in [0.25, 0.3) is 0 Å². The van der Waals surface area contributed by atoms with Gasteiger partial charge in [-0.1, -0.05) is 0 Å². The van der Waals surface area contributed by atoms with Crippen molar-refractivity contribution < 1.29 is 14.3 Å². The molecule has 0 bridgehead atoms. The molecule has 0 aliphatic carbocycles. The molecule has 112 valence electrons. The van der Waals surface area contributed by atoms with Crippen molar-refractivity contribution in [2.75, 3.05) is 19.5 Å². The van der Waals surface area contributed by atoms with E-state index in [-0.39, 0.29) is 11.9 Å². The number of aromatic nitrogens is 2. The maximum Gasteiger partial charge on any atom is 0.226 e. The number of nitrogens with one attached hydrogen (secondary N) is 1. The predicted octanol–water partition coefficient (Wildman–Crippen LogP) is 2.49. The molecule has 2 aromatic rings. The average Bonchev–Trinajstić information content (AvgIpc) is 3.01. The molecule has 2 rings (SSSR count). The Hall–Kier alpha value is -2.50. The Morgan fingerprint density at radius 1 is 1.33 bits per heavy atom. The van der Waals surface area contributed by atoms with Crippen molar-refractivity contribution in [3.63, 3.8) is 0 Å². The lowest BCUT2D eigenvalue weighted by Gasteiger charge is -2.13. The van der Waals surface area contributed by atoms with E-state index >= 15 is 0 Å². The zero-order chi connectivity index (χ0) is 15.2. The van der Waals surface area contributed by atoms with E-state index in [4.69, 9.17) is 9.47 Å². The van der Waals surface area contributed by atoms with Gasteiger partial charge in [-0.3, -0.25) is 9.48 Å². The molecular weight excluding hydrogens is 270 g/mol. The number of nitrogens with zero attached hydrogens (tertiary/aromatic N) is 2. The van der Waals surface area contributed by atoms with Crippen molar-refractivity contribution in [3.05, 3.63) is 36.7 Å². The van der Waals surface area contributed by atoms with E-state index < -0.39 is 0 Å². The first-order valence-corrected chi connectivity index (χ1v) is 6.65. The van der Waals surface area contributed by atoms with Gasteiger partial charge in [-0.05, 0) is 25.1 Å². The topological polar surface area (TPSA) is 65.4 Å². The highest BCUT2D eigenvalue weighted by Gasteiger charge is 2.12. The number of carbonyl (C=O) groups excluding carboxylic acids is 1. The zero-order valence-corrected chi connectivity index (χ0v) is 12.4. The summed E-state index contributed by atoms with van der Waals surface area (Å²) >= 11 is 0. The fraction of sp³-hybridized carbons (Fsp3) is 0.333. The van der Waals surface area contributed by atoms with Crippen LogP contribution in [0.1, 0.15) is 19.4 Å². The Morgan fingerprint density at radius 3 is 2.71 bits per heavy atom. The van der Waals surface area contributed by atoms with Crippen LogP contribution in [-0.4, -0.2) is 29.9 Å². The maximum atomic E-state index is 12.0. The number of carbonyl (C=O) groups is 1. The first-order valence-electron chi connectivity index (χ1n) is 6.65. The first kappa shape index (κ1) is 14.9. The van der Waals surface area contributed by atoms with Crippen LogP contribution in [0.15, 0.2) is 36.7 Å². The number of benzene rings is 1. The summed E-state index contributed by atoms with van der Waals surface area (Å²) in [5, 5.41) is 6.97. The lowest BCUT2D eigenvalue weighted by Crippen LogP contribution is -2.17. The van der Waals surface area contributed by atoms with E-state index in [1.807, 2.05) is 19.2 Å². The minimum Gasteiger partial charge on any atom is -0.493 e. The first-order chi connectivity index (χ1) is 10.1. The van der Waals surface area contributed by atoms with Gasteiger partial charge in [0.05, 0.1) is 20.3 Å². The lowest BCUT2D eigenvalue weighted by molar-refractivity contribution is -0.116. The molecule has 0 unspecified atom stereocenters. The van der Waals surface area contributed by atoms with E-state index in [9.17, 15) is 4.79 Å². The standard InChI is InChI=1S/C15H19N3O3/c1-11(18-8-4-7-16-18)9-15(19)17-12-5-6-13(20-2)14(10-12)21-3/h4-8,10-11H,9H2,1-3H3,(H,17,19)/t11-/m0/s1. The quantitative estimate of drug-likeness (QED) is 0.887. The monoisotopic (exact) mass is 289 g/mol. The number of rotatable bonds is 6. The Morgan fingerprint density at radius 2 is 2.10 bits per heavy atom. The van der Waals surface area contributed by atoms with Gasteiger partial charge in [-0.2, -0.15) is 5.10 Å². The molecule has 0 aliphatic heterocycles. The Kier molecular flexibility index (Phi) is 4.81. The van der Waals surface area contributed by atoms with E-state index in [1.165, 1.54) is 0 Å². The number of methoxy groups -OCH3 is 2. The molecular formula is C15H19N3O3. The molecule has 1 atom stereocenters. The fourth-order valence-electron chi connectivity index (χ4n) is 2.03. The van der Waals surface area contributed by atoms with E-state index in [0.29, 0.717) is 23.6 Å². The molecule has 0 radical (unpaired) electrons. The van der Waals surface area contributed by atoms with Crippen LogP contribution in [0.25, 0.3) is 0 Å². The highest BCUT2D eigenvalue weighted by molar-refractivity contribution is 5.91. The molecule has 0 fully saturated rings. The van der Waals surface area contributed by atoms with Crippen LogP contribution in [0.2, 0.25) is 0 Å². The molecule has 21 heavy (non-hydrogen) atoms. The van der Waals surface area contributed by atoms with Crippen LogP contribution < -0.4 is 14.8 Å². The lowest BCUT2D eigenvalue weighted by atomic mass is 10.2. The molecule has 0 spiro atoms. The molecule has 1 N–H and O–H groups in total. The van der Waals surface area contributed by atoms with Crippen molar-refractivity contribution in [1.82, 2.24) is 9.78 Å². The molecule has 0 aliphatic rings. The normalized spacial score (nSPS) is 11.8. The third kappa shape index (κ3) is 3.75. The van der Waals surface area contributed by atoms with Crippen molar-refractivity contribution in [2.24, 2.45) is 0 Å². The zero-order valence-electron chi connectivity index (χ0n) is 12.4. The molecule has 0 saturated heterocycles. The molecule has 1 amide bonds. The summed E-state index contributed by atoms with van der Waals surface area (Å²) in [7, 11) is 3.13. The summed E-state index contributed by atoms with van der Waals surface area (Å²) in [6.07, 6.45) is 3.88. The second-order valence-corrected chi connectivity index (χ2v) is 4.66. The number of hydrogen-bond acceptors (Lipinski definition) is 4. The van der Waals surface area contributed by atoms with E-state index in [1.54, 1.807) is 43.3 Å².